The van der Waals surface area contributed by atoms with Crippen molar-refractivity contribution in [2.45, 2.75) is 38.3 Å². The van der Waals surface area contributed by atoms with E-state index in [0.29, 0.717) is 22.8 Å². The molecule has 6 nitrogen and oxygen atoms in total. The Morgan fingerprint density at radius 2 is 2.19 bits per heavy atom. The fourth-order valence-electron chi connectivity index (χ4n) is 2.22. The maximum atomic E-state index is 13.4. The van der Waals surface area contributed by atoms with Crippen LogP contribution in [-0.4, -0.2) is 27.8 Å². The molecule has 1 aromatic heterocycles. The Balaban J connectivity index is 1.89. The summed E-state index contributed by atoms with van der Waals surface area (Å²) in [4.78, 5) is 31.0. The van der Waals surface area contributed by atoms with Crippen molar-refractivity contribution in [1.82, 2.24) is 15.4 Å². The lowest BCUT2D eigenvalue weighted by Gasteiger charge is -2.06. The van der Waals surface area contributed by atoms with Crippen LogP contribution in [-0.2, 0) is 11.2 Å². The molecule has 0 fully saturated rings. The van der Waals surface area contributed by atoms with Gasteiger partial charge in [0.2, 0.25) is 0 Å². The van der Waals surface area contributed by atoms with Gasteiger partial charge in [-0.15, -0.1) is 0 Å². The first-order valence-corrected chi connectivity index (χ1v) is 9.28. The van der Waals surface area contributed by atoms with Gasteiger partial charge in [-0.05, 0) is 25.8 Å². The minimum Gasteiger partial charge on any atom is -0.301 e. The van der Waals surface area contributed by atoms with Gasteiger partial charge in [0, 0.05) is 16.8 Å². The topological polar surface area (TPSA) is 87.2 Å². The predicted octanol–water partition coefficient (Wildman–Crippen LogP) is 2.80. The lowest BCUT2D eigenvalue weighted by molar-refractivity contribution is -0.118. The van der Waals surface area contributed by atoms with Gasteiger partial charge in [-0.3, -0.25) is 9.59 Å². The number of nitrogens with one attached hydrogen (secondary N) is 2. The summed E-state index contributed by atoms with van der Waals surface area (Å²) in [5, 5.41) is 4.12. The first-order valence-electron chi connectivity index (χ1n) is 8.30. The number of aromatic amines is 1. The van der Waals surface area contributed by atoms with Crippen molar-refractivity contribution >= 4 is 23.9 Å². The minimum atomic E-state index is -0.416. The summed E-state index contributed by atoms with van der Waals surface area (Å²) < 4.78 is 13.4. The van der Waals surface area contributed by atoms with Gasteiger partial charge in [-0.25, -0.2) is 14.8 Å². The Bertz CT molecular complexity index is 851. The lowest BCUT2D eigenvalue weighted by atomic mass is 10.1. The van der Waals surface area contributed by atoms with E-state index in [2.05, 4.69) is 27.4 Å². The molecule has 0 aliphatic carbocycles. The number of aryl methyl sites for hydroxylation is 1. The summed E-state index contributed by atoms with van der Waals surface area (Å²) in [6.07, 6.45) is 3.87. The molecule has 26 heavy (non-hydrogen) atoms. The van der Waals surface area contributed by atoms with Crippen LogP contribution >= 0.6 is 11.8 Å². The molecule has 0 aliphatic heterocycles. The normalized spacial score (nSPS) is 11.0. The summed E-state index contributed by atoms with van der Waals surface area (Å²) >= 11 is 1.11. The second-order valence-corrected chi connectivity index (χ2v) is 6.61. The highest BCUT2D eigenvalue weighted by molar-refractivity contribution is 7.99. The van der Waals surface area contributed by atoms with Crippen molar-refractivity contribution in [2.75, 3.05) is 5.75 Å². The Morgan fingerprint density at radius 1 is 1.42 bits per heavy atom. The van der Waals surface area contributed by atoms with Gasteiger partial charge in [-0.2, -0.15) is 5.10 Å². The number of benzene rings is 1. The largest absolute Gasteiger partial charge is 0.301 e. The number of thioether (sulfide) groups is 1. The second kappa shape index (κ2) is 9.86. The molecule has 0 radical (unpaired) electrons. The lowest BCUT2D eigenvalue weighted by Crippen LogP contribution is -2.21. The molecule has 0 spiro atoms. The maximum Gasteiger partial charge on any atom is 0.254 e. The number of aromatic nitrogens is 2. The highest BCUT2D eigenvalue weighted by Crippen LogP contribution is 2.13. The van der Waals surface area contributed by atoms with Gasteiger partial charge < -0.3 is 4.98 Å². The van der Waals surface area contributed by atoms with Crippen LogP contribution in [0.4, 0.5) is 4.39 Å². The quantitative estimate of drug-likeness (QED) is 0.321. The maximum absolute atomic E-state index is 13.4. The van der Waals surface area contributed by atoms with E-state index in [4.69, 9.17) is 0 Å². The first kappa shape index (κ1) is 19.8. The van der Waals surface area contributed by atoms with E-state index in [-0.39, 0.29) is 22.8 Å². The van der Waals surface area contributed by atoms with Gasteiger partial charge in [0.25, 0.3) is 11.5 Å². The number of carbonyl (C=O) groups is 1. The molecule has 0 saturated heterocycles. The highest BCUT2D eigenvalue weighted by atomic mass is 32.2. The molecule has 1 heterocycles. The van der Waals surface area contributed by atoms with Gasteiger partial charge in [0.05, 0.1) is 12.0 Å². The number of unbranched alkanes of at least 4 members (excludes halogenated alkanes) is 1. The van der Waals surface area contributed by atoms with Crippen molar-refractivity contribution in [1.29, 1.82) is 0 Å². The van der Waals surface area contributed by atoms with Gasteiger partial charge in [-0.1, -0.05) is 43.3 Å². The van der Waals surface area contributed by atoms with Crippen LogP contribution in [0.25, 0.3) is 0 Å². The molecule has 1 amide bonds. The summed E-state index contributed by atoms with van der Waals surface area (Å²) in [5.41, 5.74) is 3.81. The number of nitrogens with zero attached hydrogens (tertiary/aromatic N) is 2. The zero-order chi connectivity index (χ0) is 18.9. The number of hydrogen-bond donors (Lipinski definition) is 2. The Hall–Kier alpha value is -2.48. The molecule has 0 aliphatic rings. The number of carbonyl (C=O) groups excluding carboxylic acids is 1. The van der Waals surface area contributed by atoms with Crippen LogP contribution in [0.1, 0.15) is 36.6 Å². The average Bonchev–Trinajstić information content (AvgIpc) is 2.61. The summed E-state index contributed by atoms with van der Waals surface area (Å²) in [7, 11) is 0. The third-order valence-electron chi connectivity index (χ3n) is 3.62. The number of H-pyrrole nitrogens is 1. The third-order valence-corrected chi connectivity index (χ3v) is 4.49. The van der Waals surface area contributed by atoms with Crippen molar-refractivity contribution in [2.24, 2.45) is 5.10 Å². The van der Waals surface area contributed by atoms with Crippen LogP contribution in [0.3, 0.4) is 0 Å². The zero-order valence-corrected chi connectivity index (χ0v) is 15.5. The monoisotopic (exact) mass is 376 g/mol. The smallest absolute Gasteiger partial charge is 0.254 e. The third kappa shape index (κ3) is 5.80. The summed E-state index contributed by atoms with van der Waals surface area (Å²) in [6.45, 7) is 3.86. The van der Waals surface area contributed by atoms with E-state index in [9.17, 15) is 14.0 Å². The van der Waals surface area contributed by atoms with E-state index < -0.39 is 5.82 Å². The molecular weight excluding hydrogens is 355 g/mol. The minimum absolute atomic E-state index is 0.0330. The molecule has 0 unspecified atom stereocenters. The van der Waals surface area contributed by atoms with E-state index in [1.807, 2.05) is 0 Å². The SMILES string of the molecule is CCCCc1c(C)nc(SCC(=O)NN=Cc2ccccc2F)[nH]c1=O. The highest BCUT2D eigenvalue weighted by Gasteiger charge is 2.09. The fourth-order valence-corrected chi connectivity index (χ4v) is 2.92. The molecular formula is C18H21FN4O2S. The molecule has 0 atom stereocenters. The number of hydrogen-bond acceptors (Lipinski definition) is 5. The van der Waals surface area contributed by atoms with E-state index in [1.54, 1.807) is 25.1 Å². The van der Waals surface area contributed by atoms with E-state index in [1.165, 1.54) is 12.3 Å². The van der Waals surface area contributed by atoms with E-state index in [0.717, 1.165) is 24.6 Å². The zero-order valence-electron chi connectivity index (χ0n) is 14.7. The van der Waals surface area contributed by atoms with Gasteiger partial charge in [0.1, 0.15) is 5.82 Å². The van der Waals surface area contributed by atoms with Gasteiger partial charge in [0.15, 0.2) is 5.16 Å². The Morgan fingerprint density at radius 3 is 2.88 bits per heavy atom. The van der Waals surface area contributed by atoms with Crippen molar-refractivity contribution in [3.8, 4) is 0 Å². The standard InChI is InChI=1S/C18H21FN4O2S/c1-3-4-8-14-12(2)21-18(22-17(14)25)26-11-16(24)23-20-10-13-7-5-6-9-15(13)19/h5-7,9-10H,3-4,8,11H2,1-2H3,(H,23,24)(H,21,22,25). The second-order valence-electron chi connectivity index (χ2n) is 5.64. The van der Waals surface area contributed by atoms with Crippen LogP contribution in [0.2, 0.25) is 0 Å². The van der Waals surface area contributed by atoms with Crippen LogP contribution < -0.4 is 11.0 Å². The molecule has 138 valence electrons. The van der Waals surface area contributed by atoms with Crippen molar-refractivity contribution in [3.63, 3.8) is 0 Å². The Kier molecular flexibility index (Phi) is 7.53. The number of amides is 1. The molecule has 1 aromatic carbocycles. The number of hydrazone groups is 1. The molecule has 8 heteroatoms. The molecule has 0 saturated carbocycles. The summed E-state index contributed by atoms with van der Waals surface area (Å²) in [6, 6.07) is 6.12. The number of rotatable bonds is 8. The first-order chi connectivity index (χ1) is 12.5. The molecule has 2 rings (SSSR count). The molecule has 2 N–H and O–H groups in total. The number of halogens is 1. The predicted molar refractivity (Wildman–Crippen MR) is 101 cm³/mol. The van der Waals surface area contributed by atoms with Crippen LogP contribution in [0.5, 0.6) is 0 Å². The van der Waals surface area contributed by atoms with E-state index >= 15 is 0 Å². The molecule has 2 aromatic rings. The summed E-state index contributed by atoms with van der Waals surface area (Å²) in [5.74, 6) is -0.760. The van der Waals surface area contributed by atoms with Crippen LogP contribution in [0, 0.1) is 12.7 Å². The van der Waals surface area contributed by atoms with Gasteiger partial charge >= 0.3 is 0 Å². The Labute approximate surface area is 155 Å². The van der Waals surface area contributed by atoms with Crippen LogP contribution in [0.15, 0.2) is 39.3 Å². The van der Waals surface area contributed by atoms with Crippen molar-refractivity contribution in [3.05, 3.63) is 57.3 Å². The fraction of sp³-hybridized carbons (Fsp3) is 0.333. The molecule has 0 bridgehead atoms. The van der Waals surface area contributed by atoms with Crippen molar-refractivity contribution < 1.29 is 9.18 Å². The average molecular weight is 376 g/mol.